The second kappa shape index (κ2) is 39.7. The zero-order valence-electron chi connectivity index (χ0n) is 55.9. The number of carbonyl (C=O) groups excluding carboxylic acids is 11. The Labute approximate surface area is 579 Å². The number of nitrogens with two attached hydrogens (primary N) is 5. The Bertz CT molecular complexity index is 3620. The van der Waals surface area contributed by atoms with Crippen LogP contribution >= 0.6 is 0 Å². The van der Waals surface area contributed by atoms with E-state index in [0.29, 0.717) is 28.7 Å². The number of guanidine groups is 2. The van der Waals surface area contributed by atoms with Crippen molar-refractivity contribution in [3.8, 4) is 5.75 Å². The number of benzene rings is 5. The van der Waals surface area contributed by atoms with E-state index >= 15 is 0 Å². The lowest BCUT2D eigenvalue weighted by atomic mass is 10.0. The van der Waals surface area contributed by atoms with Crippen LogP contribution < -0.4 is 76.5 Å². The number of likely N-dealkylation sites (tertiary alicyclic amines) is 1. The average Bonchev–Trinajstić information content (AvgIpc) is 1.35. The molecule has 30 heteroatoms. The maximum absolute atomic E-state index is 15.0. The molecule has 1 aliphatic rings. The van der Waals surface area contributed by atoms with Crippen molar-refractivity contribution >= 4 is 76.9 Å². The molecule has 11 amide bonds. The van der Waals surface area contributed by atoms with Crippen LogP contribution in [0.3, 0.4) is 0 Å². The topological polar surface area (TPSA) is 495 Å². The van der Waals surface area contributed by atoms with E-state index in [0.717, 1.165) is 5.56 Å². The van der Waals surface area contributed by atoms with Crippen molar-refractivity contribution in [2.24, 2.45) is 38.7 Å². The Morgan fingerprint density at radius 2 is 0.760 bits per heavy atom. The van der Waals surface area contributed by atoms with Crippen molar-refractivity contribution in [2.45, 2.75) is 145 Å². The molecular weight excluding hydrogens is 1290 g/mol. The highest BCUT2D eigenvalue weighted by atomic mass is 16.3. The fraction of sp³-hybridized carbons (Fsp3) is 0.386. The van der Waals surface area contributed by atoms with Gasteiger partial charge in [0.1, 0.15) is 66.2 Å². The number of hydrogen-bond acceptors (Lipinski definition) is 15. The van der Waals surface area contributed by atoms with Gasteiger partial charge in [0, 0.05) is 58.7 Å². The molecule has 0 spiro atoms. The Hall–Kier alpha value is -11.4. The molecular formula is C70H91N17O13. The number of phenols is 1. The van der Waals surface area contributed by atoms with Gasteiger partial charge in [-0.3, -0.25) is 62.7 Å². The fourth-order valence-corrected chi connectivity index (χ4v) is 11.1. The molecule has 10 atom stereocenters. The maximum Gasteiger partial charge on any atom is 0.245 e. The molecule has 0 aromatic heterocycles. The number of amides is 11. The van der Waals surface area contributed by atoms with E-state index in [9.17, 15) is 63.0 Å². The SMILES string of the molecule is CC(=O)N[C@H](Cc1ccccc1)C(=O)N[C@H](Cc1ccccc1)C(=O)N[C@H](Cc1ccccc1)C(=O)N[C@@H](CO)C(=O)N[C@@H](Cc1ccc(O)cc1)C(=O)N[C@H](CCCN=C(N)N)C(=O)N[C@@H](Cc1ccccc1)C(=O)N[C@@H](CCCN=C(N)N)C(=O)N1CCC[C@H]1C(=O)N[C@H](C)C(N)=O. The molecule has 534 valence electrons. The third-order valence-electron chi connectivity index (χ3n) is 16.3. The first-order valence-electron chi connectivity index (χ1n) is 32.8. The van der Waals surface area contributed by atoms with Crippen LogP contribution in [0, 0.1) is 0 Å². The first-order valence-corrected chi connectivity index (χ1v) is 32.8. The molecule has 1 fully saturated rings. The van der Waals surface area contributed by atoms with Crippen LogP contribution in [0.4, 0.5) is 0 Å². The largest absolute Gasteiger partial charge is 0.508 e. The Balaban J connectivity index is 1.27. The number of aliphatic hydroxyl groups is 1. The van der Waals surface area contributed by atoms with E-state index in [2.05, 4.69) is 57.8 Å². The monoisotopic (exact) mass is 1380 g/mol. The highest BCUT2D eigenvalue weighted by Crippen LogP contribution is 2.21. The van der Waals surface area contributed by atoms with Gasteiger partial charge in [-0.25, -0.2) is 0 Å². The van der Waals surface area contributed by atoms with E-state index in [1.807, 2.05) is 0 Å². The van der Waals surface area contributed by atoms with Gasteiger partial charge in [-0.1, -0.05) is 133 Å². The van der Waals surface area contributed by atoms with Gasteiger partial charge in [-0.05, 0) is 85.4 Å². The van der Waals surface area contributed by atoms with Gasteiger partial charge in [0.05, 0.1) is 6.61 Å². The molecule has 21 N–H and O–H groups in total. The van der Waals surface area contributed by atoms with Crippen molar-refractivity contribution < 1.29 is 63.0 Å². The number of aliphatic imine (C=N–C) groups is 2. The van der Waals surface area contributed by atoms with Crippen molar-refractivity contribution in [1.29, 1.82) is 0 Å². The molecule has 1 aliphatic heterocycles. The van der Waals surface area contributed by atoms with Crippen molar-refractivity contribution in [3.63, 3.8) is 0 Å². The van der Waals surface area contributed by atoms with Crippen LogP contribution in [0.5, 0.6) is 5.75 Å². The standard InChI is InChI=1S/C70H91N17O13/c1-42(59(71)91)78-67(99)58-28-17-35-87(58)68(100)51(27-16-34-77-70(74)75)81-63(95)53(37-45-20-9-4-10-21-45)82-60(92)50(26-15-33-76-69(72)73)80-62(94)56(40-48-29-31-49(90)32-30-48)85-66(98)57(41-88)86-65(97)55(39-47-24-13-6-14-25-47)84-64(96)54(38-46-22-11-5-12-23-46)83-61(93)52(79-43(2)89)36-44-18-7-3-8-19-44/h3-14,18-25,29-32,42,50-58,88,90H,15-17,26-28,33-41H2,1-2H3,(H2,71,91)(H,78,99)(H,79,89)(H,80,94)(H,81,95)(H,82,92)(H,83,93)(H,84,96)(H,85,98)(H,86,97)(H4,72,73,76)(H4,74,75,77)/t42-,50-,51+,52-,53+,54-,55-,56+,57+,58+/m1/s1. The van der Waals surface area contributed by atoms with Crippen LogP contribution in [0.15, 0.2) is 156 Å². The minimum atomic E-state index is -1.81. The van der Waals surface area contributed by atoms with Gasteiger partial charge in [0.15, 0.2) is 11.9 Å². The minimum absolute atomic E-state index is 0.0378. The van der Waals surface area contributed by atoms with Gasteiger partial charge < -0.3 is 91.6 Å². The number of carbonyl (C=O) groups is 11. The Kier molecular flexibility index (Phi) is 30.8. The number of hydrogen-bond donors (Lipinski definition) is 16. The predicted molar refractivity (Wildman–Crippen MR) is 372 cm³/mol. The molecule has 6 rings (SSSR count). The zero-order valence-corrected chi connectivity index (χ0v) is 55.9. The summed E-state index contributed by atoms with van der Waals surface area (Å²) in [5.74, 6) is -9.55. The number of aromatic hydroxyl groups is 1. The molecule has 0 aliphatic carbocycles. The average molecular weight is 1380 g/mol. The lowest BCUT2D eigenvalue weighted by Gasteiger charge is -2.30. The molecule has 5 aromatic carbocycles. The third-order valence-corrected chi connectivity index (χ3v) is 16.3. The summed E-state index contributed by atoms with van der Waals surface area (Å²) in [6.07, 6.45) is -0.00891. The summed E-state index contributed by atoms with van der Waals surface area (Å²) in [5, 5.41) is 45.1. The Morgan fingerprint density at radius 3 is 1.12 bits per heavy atom. The summed E-state index contributed by atoms with van der Waals surface area (Å²) < 4.78 is 0. The van der Waals surface area contributed by atoms with E-state index in [1.165, 1.54) is 43.0 Å². The van der Waals surface area contributed by atoms with Gasteiger partial charge in [0.25, 0.3) is 0 Å². The van der Waals surface area contributed by atoms with Crippen LogP contribution in [-0.2, 0) is 84.8 Å². The van der Waals surface area contributed by atoms with Gasteiger partial charge in [0.2, 0.25) is 65.0 Å². The second-order valence-corrected chi connectivity index (χ2v) is 24.2. The fourth-order valence-electron chi connectivity index (χ4n) is 11.1. The molecule has 1 heterocycles. The minimum Gasteiger partial charge on any atom is -0.508 e. The molecule has 0 saturated carbocycles. The number of phenolic OH excluding ortho intramolecular Hbond substituents is 1. The number of rotatable bonds is 38. The lowest BCUT2D eigenvalue weighted by molar-refractivity contribution is -0.142. The quantitative estimate of drug-likeness (QED) is 0.0114. The van der Waals surface area contributed by atoms with Gasteiger partial charge in [-0.2, -0.15) is 0 Å². The summed E-state index contributed by atoms with van der Waals surface area (Å²) >= 11 is 0. The second-order valence-electron chi connectivity index (χ2n) is 24.2. The van der Waals surface area contributed by atoms with Crippen LogP contribution in [0.1, 0.15) is 80.2 Å². The van der Waals surface area contributed by atoms with Gasteiger partial charge in [-0.15, -0.1) is 0 Å². The highest BCUT2D eigenvalue weighted by Gasteiger charge is 2.40. The summed E-state index contributed by atoms with van der Waals surface area (Å²) in [6, 6.07) is 26.5. The van der Waals surface area contributed by atoms with Crippen molar-refractivity contribution in [2.75, 3.05) is 26.2 Å². The Morgan fingerprint density at radius 1 is 0.440 bits per heavy atom. The maximum atomic E-state index is 15.0. The van der Waals surface area contributed by atoms with E-state index in [1.54, 1.807) is 121 Å². The van der Waals surface area contributed by atoms with Crippen molar-refractivity contribution in [1.82, 2.24) is 52.8 Å². The summed E-state index contributed by atoms with van der Waals surface area (Å²) in [5.41, 5.74) is 30.7. The summed E-state index contributed by atoms with van der Waals surface area (Å²) in [4.78, 5) is 164. The zero-order chi connectivity index (χ0) is 72.7. The molecule has 0 radical (unpaired) electrons. The smallest absolute Gasteiger partial charge is 0.245 e. The summed E-state index contributed by atoms with van der Waals surface area (Å²) in [6.45, 7) is 1.73. The lowest BCUT2D eigenvalue weighted by Crippen LogP contribution is -2.61. The first kappa shape index (κ1) is 77.6. The molecule has 0 unspecified atom stereocenters. The molecule has 0 bridgehead atoms. The van der Waals surface area contributed by atoms with Gasteiger partial charge >= 0.3 is 0 Å². The predicted octanol–water partition coefficient (Wildman–Crippen LogP) is -2.12. The molecule has 100 heavy (non-hydrogen) atoms. The number of nitrogens with one attached hydrogen (secondary N) is 9. The first-order chi connectivity index (χ1) is 47.9. The van der Waals surface area contributed by atoms with E-state index in [-0.39, 0.29) is 102 Å². The van der Waals surface area contributed by atoms with Crippen LogP contribution in [0.2, 0.25) is 0 Å². The van der Waals surface area contributed by atoms with Crippen molar-refractivity contribution in [3.05, 3.63) is 173 Å². The molecule has 1 saturated heterocycles. The number of primary amides is 1. The summed E-state index contributed by atoms with van der Waals surface area (Å²) in [7, 11) is 0. The third kappa shape index (κ3) is 25.9. The van der Waals surface area contributed by atoms with E-state index in [4.69, 9.17) is 28.7 Å². The highest BCUT2D eigenvalue weighted by molar-refractivity contribution is 5.99. The van der Waals surface area contributed by atoms with E-state index < -0.39 is 132 Å². The molecule has 5 aromatic rings. The normalized spacial score (nSPS) is 15.1. The van der Waals surface area contributed by atoms with Crippen LogP contribution in [0.25, 0.3) is 0 Å². The van der Waals surface area contributed by atoms with Crippen LogP contribution in [-0.4, -0.2) is 179 Å². The number of nitrogens with zero attached hydrogens (tertiary/aromatic N) is 3. The number of aliphatic hydroxyl groups excluding tert-OH is 1. The molecule has 30 nitrogen and oxygen atoms in total.